The summed E-state index contributed by atoms with van der Waals surface area (Å²) in [7, 11) is 0. The summed E-state index contributed by atoms with van der Waals surface area (Å²) in [6.07, 6.45) is 0. The Hall–Kier alpha value is -1.34. The van der Waals surface area contributed by atoms with E-state index >= 15 is 0 Å². The van der Waals surface area contributed by atoms with Crippen LogP contribution in [0.15, 0.2) is 48.5 Å². The van der Waals surface area contributed by atoms with E-state index in [0.29, 0.717) is 0 Å². The fraction of sp³-hybridized carbons (Fsp3) is 0.143. The Balaban J connectivity index is 0.000000284. The maximum atomic E-state index is 10.4. The average Bonchev–Trinajstić information content (AvgIpc) is 2.28. The van der Waals surface area contributed by atoms with Crippen LogP contribution in [-0.2, 0) is 19.5 Å². The van der Waals surface area contributed by atoms with Crippen molar-refractivity contribution in [3.05, 3.63) is 59.7 Å². The summed E-state index contributed by atoms with van der Waals surface area (Å²) in [5, 5.41) is 20.8. The summed E-state index contributed by atoms with van der Waals surface area (Å²) >= 11 is 0. The minimum atomic E-state index is 0. The minimum Gasteiger partial charge on any atom is -0.872 e. The van der Waals surface area contributed by atoms with Gasteiger partial charge in [0.1, 0.15) is 0 Å². The third-order valence-corrected chi connectivity index (χ3v) is 2.04. The van der Waals surface area contributed by atoms with Crippen molar-refractivity contribution in [2.75, 3.05) is 0 Å². The first-order chi connectivity index (χ1) is 7.58. The zero-order valence-electron chi connectivity index (χ0n) is 10.1. The molecule has 0 unspecified atom stereocenters. The van der Waals surface area contributed by atoms with Crippen molar-refractivity contribution in [2.45, 2.75) is 13.8 Å². The predicted molar refractivity (Wildman–Crippen MR) is 61.3 cm³/mol. The van der Waals surface area contributed by atoms with Crippen molar-refractivity contribution in [1.82, 2.24) is 0 Å². The standard InChI is InChI=1S/2C7H8O.Zn/c2*1-6-2-4-7(8)5-3-6;/h2*2-5,8H,1H3;/q;;+2/p-2. The van der Waals surface area contributed by atoms with E-state index < -0.39 is 0 Å². The molecule has 0 atom stereocenters. The van der Waals surface area contributed by atoms with Crippen LogP contribution in [0.1, 0.15) is 11.1 Å². The second-order valence-corrected chi connectivity index (χ2v) is 3.63. The Morgan fingerprint density at radius 2 is 0.824 bits per heavy atom. The molecule has 17 heavy (non-hydrogen) atoms. The molecule has 84 valence electrons. The quantitative estimate of drug-likeness (QED) is 0.694. The first-order valence-electron chi connectivity index (χ1n) is 5.05. The zero-order valence-corrected chi connectivity index (χ0v) is 13.1. The molecule has 0 bridgehead atoms. The maximum absolute atomic E-state index is 10.4. The number of benzene rings is 2. The van der Waals surface area contributed by atoms with Gasteiger partial charge in [0.2, 0.25) is 0 Å². The minimum absolute atomic E-state index is 0. The van der Waals surface area contributed by atoms with Crippen LogP contribution in [0.2, 0.25) is 0 Å². The summed E-state index contributed by atoms with van der Waals surface area (Å²) < 4.78 is 0. The fourth-order valence-corrected chi connectivity index (χ4v) is 1.08. The van der Waals surface area contributed by atoms with E-state index in [1.165, 1.54) is 0 Å². The molecule has 0 aliphatic rings. The van der Waals surface area contributed by atoms with E-state index in [-0.39, 0.29) is 31.0 Å². The molecule has 0 fully saturated rings. The van der Waals surface area contributed by atoms with Crippen LogP contribution >= 0.6 is 0 Å². The molecule has 3 heteroatoms. The molecular weight excluding hydrogens is 266 g/mol. The molecule has 0 N–H and O–H groups in total. The van der Waals surface area contributed by atoms with E-state index in [1.54, 1.807) is 24.3 Å². The van der Waals surface area contributed by atoms with Gasteiger partial charge in [0.15, 0.2) is 0 Å². The molecule has 0 radical (unpaired) electrons. The van der Waals surface area contributed by atoms with Gasteiger partial charge in [-0.15, -0.1) is 11.5 Å². The molecule has 0 saturated heterocycles. The van der Waals surface area contributed by atoms with Crippen LogP contribution in [0, 0.1) is 13.8 Å². The first-order valence-corrected chi connectivity index (χ1v) is 5.05. The fourth-order valence-electron chi connectivity index (χ4n) is 1.08. The van der Waals surface area contributed by atoms with Gasteiger partial charge in [0, 0.05) is 0 Å². The van der Waals surface area contributed by atoms with Gasteiger partial charge in [0.25, 0.3) is 0 Å². The molecule has 0 spiro atoms. The van der Waals surface area contributed by atoms with E-state index in [0.717, 1.165) is 11.1 Å². The van der Waals surface area contributed by atoms with Crippen molar-refractivity contribution < 1.29 is 29.7 Å². The smallest absolute Gasteiger partial charge is 0.872 e. The molecule has 0 aliphatic carbocycles. The van der Waals surface area contributed by atoms with Crippen LogP contribution in [0.3, 0.4) is 0 Å². The largest absolute Gasteiger partial charge is 2.00 e. The average molecular weight is 280 g/mol. The summed E-state index contributed by atoms with van der Waals surface area (Å²) in [5.41, 5.74) is 2.26. The van der Waals surface area contributed by atoms with Crippen LogP contribution in [0.25, 0.3) is 0 Å². The third-order valence-electron chi connectivity index (χ3n) is 2.04. The van der Waals surface area contributed by atoms with Crippen LogP contribution in [-0.4, -0.2) is 0 Å². The van der Waals surface area contributed by atoms with Gasteiger partial charge in [0.05, 0.1) is 0 Å². The Kier molecular flexibility index (Phi) is 7.24. The maximum Gasteiger partial charge on any atom is 2.00 e. The van der Waals surface area contributed by atoms with E-state index in [9.17, 15) is 10.2 Å². The monoisotopic (exact) mass is 278 g/mol. The molecule has 0 heterocycles. The van der Waals surface area contributed by atoms with Gasteiger partial charge in [-0.05, 0) is 13.8 Å². The molecule has 0 amide bonds. The van der Waals surface area contributed by atoms with Crippen molar-refractivity contribution in [3.8, 4) is 11.5 Å². The molecule has 0 aliphatic heterocycles. The van der Waals surface area contributed by atoms with Crippen LogP contribution < -0.4 is 10.2 Å². The molecule has 0 saturated carbocycles. The number of hydrogen-bond donors (Lipinski definition) is 0. The van der Waals surface area contributed by atoms with Gasteiger partial charge >= 0.3 is 19.5 Å². The Bertz CT molecular complexity index is 335. The Labute approximate surface area is 115 Å². The second kappa shape index (κ2) is 7.86. The van der Waals surface area contributed by atoms with Crippen molar-refractivity contribution in [2.24, 2.45) is 0 Å². The number of rotatable bonds is 0. The Morgan fingerprint density at radius 1 is 0.588 bits per heavy atom. The van der Waals surface area contributed by atoms with Gasteiger partial charge in [-0.3, -0.25) is 0 Å². The third kappa shape index (κ3) is 6.75. The molecular formula is C14H14O2Zn. The van der Waals surface area contributed by atoms with E-state index in [1.807, 2.05) is 38.1 Å². The van der Waals surface area contributed by atoms with Crippen molar-refractivity contribution in [3.63, 3.8) is 0 Å². The predicted octanol–water partition coefficient (Wildman–Crippen LogP) is 2.13. The first kappa shape index (κ1) is 15.7. The van der Waals surface area contributed by atoms with Gasteiger partial charge in [-0.2, -0.15) is 0 Å². The summed E-state index contributed by atoms with van der Waals surface area (Å²) in [5.74, 6) is 0.159. The molecule has 2 aromatic rings. The summed E-state index contributed by atoms with van der Waals surface area (Å²) in [4.78, 5) is 0. The number of hydrogen-bond acceptors (Lipinski definition) is 2. The topological polar surface area (TPSA) is 46.1 Å². The zero-order chi connectivity index (χ0) is 12.0. The SMILES string of the molecule is Cc1ccc([O-])cc1.Cc1ccc([O-])cc1.[Zn+2]. The van der Waals surface area contributed by atoms with E-state index in [2.05, 4.69) is 0 Å². The van der Waals surface area contributed by atoms with Gasteiger partial charge < -0.3 is 10.2 Å². The summed E-state index contributed by atoms with van der Waals surface area (Å²) in [6, 6.07) is 13.5. The molecule has 0 aromatic heterocycles. The summed E-state index contributed by atoms with van der Waals surface area (Å²) in [6.45, 7) is 3.92. The van der Waals surface area contributed by atoms with Crippen LogP contribution in [0.4, 0.5) is 0 Å². The molecule has 2 nitrogen and oxygen atoms in total. The Morgan fingerprint density at radius 3 is 1.00 bits per heavy atom. The molecule has 2 rings (SSSR count). The van der Waals surface area contributed by atoms with Gasteiger partial charge in [-0.1, -0.05) is 59.7 Å². The van der Waals surface area contributed by atoms with Crippen molar-refractivity contribution >= 4 is 0 Å². The van der Waals surface area contributed by atoms with E-state index in [4.69, 9.17) is 0 Å². The normalized spacial score (nSPS) is 8.59. The number of aryl methyl sites for hydroxylation is 2. The van der Waals surface area contributed by atoms with Crippen molar-refractivity contribution in [1.29, 1.82) is 0 Å². The second-order valence-electron chi connectivity index (χ2n) is 3.63. The molecule has 2 aromatic carbocycles. The van der Waals surface area contributed by atoms with Crippen LogP contribution in [0.5, 0.6) is 11.5 Å². The van der Waals surface area contributed by atoms with Gasteiger partial charge in [-0.25, -0.2) is 0 Å².